The van der Waals surface area contributed by atoms with Crippen LogP contribution < -0.4 is 5.56 Å². The second-order valence-electron chi connectivity index (χ2n) is 10.3. The highest BCUT2D eigenvalue weighted by Gasteiger charge is 2.49. The molecule has 0 bridgehead atoms. The number of amides is 1. The van der Waals surface area contributed by atoms with Crippen LogP contribution in [-0.4, -0.2) is 32.4 Å². The Bertz CT molecular complexity index is 1760. The molecule has 200 valence electrons. The maximum atomic E-state index is 13.3. The number of nitriles is 1. The lowest BCUT2D eigenvalue weighted by Gasteiger charge is -2.30. The number of nitrogens with zero attached hydrogens (tertiary/aromatic N) is 3. The van der Waals surface area contributed by atoms with E-state index in [2.05, 4.69) is 11.1 Å². The van der Waals surface area contributed by atoms with Crippen molar-refractivity contribution in [2.75, 3.05) is 6.54 Å². The first kappa shape index (κ1) is 26.3. The molecule has 0 saturated heterocycles. The van der Waals surface area contributed by atoms with Crippen LogP contribution in [0.5, 0.6) is 0 Å². The lowest BCUT2D eigenvalue weighted by molar-refractivity contribution is -0.141. The third kappa shape index (κ3) is 4.79. The van der Waals surface area contributed by atoms with Crippen LogP contribution in [0.1, 0.15) is 52.7 Å². The maximum absolute atomic E-state index is 13.3. The number of fused-ring (bicyclic) bond motifs is 1. The highest BCUT2D eigenvalue weighted by atomic mass is 35.5. The normalized spacial score (nSPS) is 16.1. The van der Waals surface area contributed by atoms with Crippen molar-refractivity contribution in [2.45, 2.75) is 37.3 Å². The number of carbonyl (C=O) groups excluding carboxylic acids is 1. The van der Waals surface area contributed by atoms with Gasteiger partial charge < -0.3 is 15.0 Å². The van der Waals surface area contributed by atoms with Gasteiger partial charge in [-0.3, -0.25) is 9.59 Å². The molecule has 40 heavy (non-hydrogen) atoms. The molecule has 1 aliphatic heterocycles. The predicted octanol–water partition coefficient (Wildman–Crippen LogP) is 5.31. The lowest BCUT2D eigenvalue weighted by atomic mass is 9.94. The molecule has 2 N–H and O–H groups in total. The highest BCUT2D eigenvalue weighted by Crippen LogP contribution is 2.52. The number of hydrogen-bond donors (Lipinski definition) is 2. The van der Waals surface area contributed by atoms with Crippen molar-refractivity contribution in [3.8, 4) is 17.2 Å². The number of aliphatic hydroxyl groups excluding tert-OH is 1. The van der Waals surface area contributed by atoms with E-state index in [0.717, 1.165) is 18.4 Å². The molecule has 1 aliphatic carbocycles. The van der Waals surface area contributed by atoms with Gasteiger partial charge in [-0.1, -0.05) is 53.5 Å². The van der Waals surface area contributed by atoms with Crippen LogP contribution in [0.2, 0.25) is 10.0 Å². The Hall–Kier alpha value is -3.96. The van der Waals surface area contributed by atoms with Gasteiger partial charge in [-0.15, -0.1) is 0 Å². The molecule has 1 aromatic heterocycles. The summed E-state index contributed by atoms with van der Waals surface area (Å²) < 4.78 is 0. The Kier molecular flexibility index (Phi) is 6.71. The monoisotopic (exact) mass is 570 g/mol. The minimum atomic E-state index is -1.42. The summed E-state index contributed by atoms with van der Waals surface area (Å²) in [7, 11) is 0. The molecule has 1 atom stereocenters. The van der Waals surface area contributed by atoms with Crippen LogP contribution >= 0.6 is 23.2 Å². The van der Waals surface area contributed by atoms with Gasteiger partial charge in [0.15, 0.2) is 6.10 Å². The van der Waals surface area contributed by atoms with E-state index in [1.807, 2.05) is 30.3 Å². The standard InChI is InChI=1S/C31H24Cl2N4O3/c32-23-6-2-5-22(15-23)31(8-9-31)30-35-26-7-10-37(17-25(26)28(39)36-30)29(40)27(38)20-4-1-3-19(13-20)21-11-18(16-34)12-24(33)14-21/h1-6,11-15,27,38H,7-10,17H2,(H,35,36,39)/t27-/m1/s1. The number of hydrogen-bond acceptors (Lipinski definition) is 5. The van der Waals surface area contributed by atoms with Crippen LogP contribution in [0.15, 0.2) is 71.5 Å². The van der Waals surface area contributed by atoms with Gasteiger partial charge in [0.1, 0.15) is 5.82 Å². The van der Waals surface area contributed by atoms with Crippen LogP contribution in [0, 0.1) is 11.3 Å². The Labute approximate surface area is 240 Å². The molecule has 1 saturated carbocycles. The molecule has 2 heterocycles. The van der Waals surface area contributed by atoms with Crippen molar-refractivity contribution in [1.29, 1.82) is 5.26 Å². The third-order valence-corrected chi connectivity index (χ3v) is 8.21. The number of benzene rings is 3. The van der Waals surface area contributed by atoms with Gasteiger partial charge in [0.2, 0.25) is 0 Å². The average Bonchev–Trinajstić information content (AvgIpc) is 3.78. The number of aliphatic hydroxyl groups is 1. The Morgan fingerprint density at radius 2 is 1.85 bits per heavy atom. The summed E-state index contributed by atoms with van der Waals surface area (Å²) >= 11 is 12.4. The number of H-pyrrole nitrogens is 1. The van der Waals surface area contributed by atoms with Crippen LogP contribution in [0.25, 0.3) is 11.1 Å². The number of aromatic amines is 1. The van der Waals surface area contributed by atoms with Gasteiger partial charge >= 0.3 is 0 Å². The maximum Gasteiger partial charge on any atom is 0.256 e. The van der Waals surface area contributed by atoms with Gasteiger partial charge in [0.05, 0.1) is 34.8 Å². The van der Waals surface area contributed by atoms with Gasteiger partial charge in [-0.25, -0.2) is 4.98 Å². The van der Waals surface area contributed by atoms with E-state index in [9.17, 15) is 20.0 Å². The Morgan fingerprint density at radius 3 is 2.60 bits per heavy atom. The number of nitrogens with one attached hydrogen (secondary N) is 1. The van der Waals surface area contributed by atoms with E-state index >= 15 is 0 Å². The summed E-state index contributed by atoms with van der Waals surface area (Å²) in [6.07, 6.45) is 0.742. The molecule has 4 aromatic rings. The molecular formula is C31H24Cl2N4O3. The summed E-state index contributed by atoms with van der Waals surface area (Å²) in [4.78, 5) is 35.8. The molecule has 1 amide bonds. The molecule has 1 fully saturated rings. The quantitative estimate of drug-likeness (QED) is 0.337. The summed E-state index contributed by atoms with van der Waals surface area (Å²) in [5.41, 5.74) is 3.79. The second-order valence-corrected chi connectivity index (χ2v) is 11.2. The minimum absolute atomic E-state index is 0.0670. The third-order valence-electron chi connectivity index (χ3n) is 7.76. The van der Waals surface area contributed by atoms with Gasteiger partial charge in [0, 0.05) is 23.0 Å². The Balaban J connectivity index is 1.23. The van der Waals surface area contributed by atoms with E-state index in [4.69, 9.17) is 28.2 Å². The first-order valence-electron chi connectivity index (χ1n) is 12.9. The fourth-order valence-corrected chi connectivity index (χ4v) is 5.86. The van der Waals surface area contributed by atoms with E-state index in [1.54, 1.807) is 36.4 Å². The zero-order valence-corrected chi connectivity index (χ0v) is 22.8. The summed E-state index contributed by atoms with van der Waals surface area (Å²) in [6.45, 7) is 0.403. The molecule has 3 aromatic carbocycles. The number of rotatable bonds is 5. The minimum Gasteiger partial charge on any atom is -0.378 e. The number of halogens is 2. The van der Waals surface area contributed by atoms with Crippen LogP contribution in [-0.2, 0) is 23.2 Å². The molecular weight excluding hydrogens is 547 g/mol. The summed E-state index contributed by atoms with van der Waals surface area (Å²) in [5, 5.41) is 21.3. The van der Waals surface area contributed by atoms with Crippen molar-refractivity contribution < 1.29 is 9.90 Å². The summed E-state index contributed by atoms with van der Waals surface area (Å²) in [6, 6.07) is 21.7. The van der Waals surface area contributed by atoms with E-state index in [1.165, 1.54) is 4.90 Å². The molecule has 2 aliphatic rings. The van der Waals surface area contributed by atoms with Gasteiger partial charge in [-0.2, -0.15) is 5.26 Å². The molecule has 0 spiro atoms. The fourth-order valence-electron chi connectivity index (χ4n) is 5.44. The number of aromatic nitrogens is 2. The second kappa shape index (κ2) is 10.2. The van der Waals surface area contributed by atoms with Crippen LogP contribution in [0.4, 0.5) is 0 Å². The zero-order chi connectivity index (χ0) is 28.0. The van der Waals surface area contributed by atoms with Crippen molar-refractivity contribution in [1.82, 2.24) is 14.9 Å². The largest absolute Gasteiger partial charge is 0.378 e. The van der Waals surface area contributed by atoms with E-state index in [0.29, 0.717) is 62.3 Å². The van der Waals surface area contributed by atoms with Crippen molar-refractivity contribution in [2.24, 2.45) is 0 Å². The molecule has 9 heteroatoms. The first-order chi connectivity index (χ1) is 19.3. The highest BCUT2D eigenvalue weighted by molar-refractivity contribution is 6.31. The van der Waals surface area contributed by atoms with E-state index < -0.39 is 12.0 Å². The topological polar surface area (TPSA) is 110 Å². The Morgan fingerprint density at radius 1 is 1.05 bits per heavy atom. The van der Waals surface area contributed by atoms with Gasteiger partial charge in [-0.05, 0) is 71.5 Å². The predicted molar refractivity (Wildman–Crippen MR) is 152 cm³/mol. The smallest absolute Gasteiger partial charge is 0.256 e. The molecule has 0 unspecified atom stereocenters. The summed E-state index contributed by atoms with van der Waals surface area (Å²) in [5.74, 6) is 0.142. The van der Waals surface area contributed by atoms with Crippen molar-refractivity contribution in [3.63, 3.8) is 0 Å². The van der Waals surface area contributed by atoms with E-state index in [-0.39, 0.29) is 17.5 Å². The molecule has 0 radical (unpaired) electrons. The molecule has 6 rings (SSSR count). The SMILES string of the molecule is N#Cc1cc(Cl)cc(-c2cccc([C@@H](O)C(=O)N3CCc4nc(C5(c6cccc(Cl)c6)CC5)[nH]c(=O)c4C3)c2)c1. The number of carbonyl (C=O) groups is 1. The average molecular weight is 571 g/mol. The first-order valence-corrected chi connectivity index (χ1v) is 13.7. The van der Waals surface area contributed by atoms with Crippen molar-refractivity contribution in [3.05, 3.63) is 121 Å². The molecule has 7 nitrogen and oxygen atoms in total. The van der Waals surface area contributed by atoms with Gasteiger partial charge in [0.25, 0.3) is 11.5 Å². The van der Waals surface area contributed by atoms with Crippen molar-refractivity contribution >= 4 is 29.1 Å². The zero-order valence-electron chi connectivity index (χ0n) is 21.3. The lowest BCUT2D eigenvalue weighted by Crippen LogP contribution is -2.42. The van der Waals surface area contributed by atoms with Crippen LogP contribution in [0.3, 0.4) is 0 Å². The fraction of sp³-hybridized carbons (Fsp3) is 0.226.